The summed E-state index contributed by atoms with van der Waals surface area (Å²) in [6.07, 6.45) is 2.67. The van der Waals surface area contributed by atoms with Crippen LogP contribution in [0.15, 0.2) is 46.4 Å². The molecule has 2 aliphatic rings. The van der Waals surface area contributed by atoms with Gasteiger partial charge >= 0.3 is 0 Å². The fourth-order valence-corrected chi connectivity index (χ4v) is 6.61. The first kappa shape index (κ1) is 27.4. The number of benzene rings is 1. The van der Waals surface area contributed by atoms with Gasteiger partial charge in [-0.2, -0.15) is 0 Å². The molecule has 1 saturated carbocycles. The maximum absolute atomic E-state index is 13.3. The smallest absolute Gasteiger partial charge is 0.280 e. The van der Waals surface area contributed by atoms with Crippen LogP contribution in [0.1, 0.15) is 38.2 Å². The largest absolute Gasteiger partial charge is 0.474 e. The number of rotatable bonds is 10. The molecule has 11 nitrogen and oxygen atoms in total. The van der Waals surface area contributed by atoms with Crippen molar-refractivity contribution in [2.45, 2.75) is 55.0 Å². The van der Waals surface area contributed by atoms with E-state index in [2.05, 4.69) is 32.4 Å². The van der Waals surface area contributed by atoms with Crippen molar-refractivity contribution in [1.82, 2.24) is 14.9 Å². The number of hydrogen-bond acceptors (Lipinski definition) is 11. The number of nitrogens with zero attached hydrogens (tertiary/aromatic N) is 4. The molecule has 3 aromatic rings. The summed E-state index contributed by atoms with van der Waals surface area (Å²) >= 11 is 1.20. The zero-order valence-electron chi connectivity index (χ0n) is 21.7. The summed E-state index contributed by atoms with van der Waals surface area (Å²) in [6.45, 7) is 3.28. The number of anilines is 1. The fraction of sp³-hybridized carbons (Fsp3) is 0.462. The van der Waals surface area contributed by atoms with Crippen molar-refractivity contribution in [2.75, 3.05) is 32.1 Å². The number of piperidine rings is 1. The first-order chi connectivity index (χ1) is 18.7. The van der Waals surface area contributed by atoms with Crippen LogP contribution < -0.4 is 10.1 Å². The Labute approximate surface area is 230 Å². The second kappa shape index (κ2) is 11.5. The van der Waals surface area contributed by atoms with Gasteiger partial charge in [-0.1, -0.05) is 28.6 Å². The lowest BCUT2D eigenvalue weighted by Gasteiger charge is -2.28. The highest BCUT2D eigenvalue weighted by Crippen LogP contribution is 2.33. The second-order valence-corrected chi connectivity index (χ2v) is 13.1. The molecule has 39 heavy (non-hydrogen) atoms. The molecule has 2 fully saturated rings. The van der Waals surface area contributed by atoms with Gasteiger partial charge in [0.2, 0.25) is 5.88 Å². The van der Waals surface area contributed by atoms with E-state index in [1.54, 1.807) is 19.1 Å². The van der Waals surface area contributed by atoms with Crippen LogP contribution in [0.3, 0.4) is 0 Å². The van der Waals surface area contributed by atoms with Gasteiger partial charge < -0.3 is 19.6 Å². The lowest BCUT2D eigenvalue weighted by molar-refractivity contribution is -0.110. The maximum Gasteiger partial charge on any atom is 0.280 e. The van der Waals surface area contributed by atoms with Gasteiger partial charge in [-0.05, 0) is 57.9 Å². The number of likely N-dealkylation sites (tertiary alicyclic amines) is 1. The van der Waals surface area contributed by atoms with E-state index in [1.165, 1.54) is 35.6 Å². The Bertz CT molecular complexity index is 1460. The second-order valence-electron chi connectivity index (χ2n) is 9.87. The molecule has 0 radical (unpaired) electrons. The van der Waals surface area contributed by atoms with Gasteiger partial charge in [0.1, 0.15) is 22.6 Å². The van der Waals surface area contributed by atoms with Gasteiger partial charge in [0.15, 0.2) is 20.7 Å². The number of pyridine rings is 1. The van der Waals surface area contributed by atoms with Gasteiger partial charge in [-0.15, -0.1) is 0 Å². The van der Waals surface area contributed by atoms with Crippen LogP contribution in [0.25, 0.3) is 10.3 Å². The van der Waals surface area contributed by atoms with Crippen molar-refractivity contribution in [3.8, 4) is 5.88 Å². The van der Waals surface area contributed by atoms with Crippen molar-refractivity contribution in [1.29, 1.82) is 0 Å². The minimum Gasteiger partial charge on any atom is -0.474 e. The first-order valence-corrected chi connectivity index (χ1v) is 15.2. The molecule has 13 heteroatoms. The van der Waals surface area contributed by atoms with Gasteiger partial charge in [-0.25, -0.2) is 18.4 Å². The number of aliphatic hydroxyl groups is 1. The van der Waals surface area contributed by atoms with Crippen LogP contribution in [0.2, 0.25) is 0 Å². The normalized spacial score (nSPS) is 18.2. The highest BCUT2D eigenvalue weighted by atomic mass is 32.2. The number of amides is 1. The molecule has 0 bridgehead atoms. The zero-order chi connectivity index (χ0) is 27.6. The average molecular weight is 574 g/mol. The van der Waals surface area contributed by atoms with Crippen molar-refractivity contribution in [2.24, 2.45) is 5.16 Å². The molecule has 2 aromatic heterocycles. The predicted octanol–water partition coefficient (Wildman–Crippen LogP) is 2.84. The van der Waals surface area contributed by atoms with Crippen molar-refractivity contribution in [3.63, 3.8) is 0 Å². The maximum atomic E-state index is 13.3. The number of thiazole rings is 1. The van der Waals surface area contributed by atoms with Crippen LogP contribution in [-0.4, -0.2) is 84.2 Å². The van der Waals surface area contributed by atoms with Gasteiger partial charge in [0, 0.05) is 24.7 Å². The lowest BCUT2D eigenvalue weighted by atomic mass is 10.1. The van der Waals surface area contributed by atoms with Gasteiger partial charge in [0.05, 0.1) is 16.8 Å². The molecule has 1 amide bonds. The van der Waals surface area contributed by atoms with Crippen LogP contribution in [-0.2, 0) is 19.5 Å². The van der Waals surface area contributed by atoms with Crippen LogP contribution >= 0.6 is 11.3 Å². The minimum atomic E-state index is -3.37. The molecule has 0 unspecified atom stereocenters. The number of carbonyl (C=O) groups is 1. The summed E-state index contributed by atoms with van der Waals surface area (Å²) in [7, 11) is -1.27. The highest BCUT2D eigenvalue weighted by Gasteiger charge is 2.36. The Hall–Kier alpha value is -3.13. The molecule has 5 rings (SSSR count). The molecule has 1 aliphatic heterocycles. The predicted molar refractivity (Wildman–Crippen MR) is 148 cm³/mol. The summed E-state index contributed by atoms with van der Waals surface area (Å²) in [5.41, 5.74) is 0.897. The first-order valence-electron chi connectivity index (χ1n) is 12.9. The number of sulfone groups is 1. The quantitative estimate of drug-likeness (QED) is 0.276. The molecule has 208 valence electrons. The van der Waals surface area contributed by atoms with E-state index in [4.69, 9.17) is 9.57 Å². The van der Waals surface area contributed by atoms with E-state index >= 15 is 0 Å². The number of nitrogens with one attached hydrogen (secondary N) is 1. The number of oxime groups is 1. The van der Waals surface area contributed by atoms with Gasteiger partial charge in [0.25, 0.3) is 5.91 Å². The summed E-state index contributed by atoms with van der Waals surface area (Å²) in [5.74, 6) is -0.0757. The van der Waals surface area contributed by atoms with E-state index in [9.17, 15) is 18.3 Å². The Balaban J connectivity index is 1.33. The van der Waals surface area contributed by atoms with Crippen molar-refractivity contribution < 1.29 is 27.9 Å². The van der Waals surface area contributed by atoms with Crippen molar-refractivity contribution in [3.05, 3.63) is 42.0 Å². The summed E-state index contributed by atoms with van der Waals surface area (Å²) in [4.78, 5) is 30.7. The van der Waals surface area contributed by atoms with E-state index in [-0.39, 0.29) is 28.6 Å². The number of aromatic nitrogens is 2. The Morgan fingerprint density at radius 3 is 2.54 bits per heavy atom. The number of hydrogen-bond donors (Lipinski definition) is 2. The van der Waals surface area contributed by atoms with E-state index in [0.717, 1.165) is 25.9 Å². The molecule has 1 saturated heterocycles. The van der Waals surface area contributed by atoms with E-state index in [0.29, 0.717) is 39.8 Å². The summed E-state index contributed by atoms with van der Waals surface area (Å²) in [6, 6.07) is 9.56. The Morgan fingerprint density at radius 1 is 1.15 bits per heavy atom. The average Bonchev–Trinajstić information content (AvgIpc) is 3.72. The molecule has 2 N–H and O–H groups in total. The third-order valence-corrected chi connectivity index (χ3v) is 9.78. The third-order valence-electron chi connectivity index (χ3n) is 6.62. The van der Waals surface area contributed by atoms with Gasteiger partial charge in [-0.3, -0.25) is 10.1 Å². The molecule has 1 atom stereocenters. The summed E-state index contributed by atoms with van der Waals surface area (Å²) in [5, 5.41) is 16.0. The standard InChI is InChI=1S/C26H31N5O6S2/c1-16(15-32)37-30-23(17-3-5-19(6-4-17)39(34,35)20-7-8-20)24(33)29-26-27-21-9-10-22(28-25(21)38-26)36-18-11-13-31(2)14-12-18/h3-6,9-10,16,18,20,32H,7-8,11-15H2,1-2H3,(H,27,29,33)/b30-23+/t16-/m1/s1. The monoisotopic (exact) mass is 573 g/mol. The van der Waals surface area contributed by atoms with Crippen molar-refractivity contribution >= 4 is 48.3 Å². The highest BCUT2D eigenvalue weighted by molar-refractivity contribution is 7.92. The summed E-state index contributed by atoms with van der Waals surface area (Å²) < 4.78 is 31.2. The van der Waals surface area contributed by atoms with Crippen LogP contribution in [0.4, 0.5) is 5.13 Å². The molecular formula is C26H31N5O6S2. The Kier molecular flexibility index (Phi) is 8.12. The SMILES string of the molecule is C[C@H](CO)O/N=C(/C(=O)Nc1nc2ccc(OC3CCN(C)CC3)nc2s1)c1ccc(S(=O)(=O)C2CC2)cc1. The molecule has 1 aromatic carbocycles. The molecule has 0 spiro atoms. The molecule has 3 heterocycles. The number of aliphatic hydroxyl groups excluding tert-OH is 1. The van der Waals surface area contributed by atoms with Crippen LogP contribution in [0.5, 0.6) is 5.88 Å². The fourth-order valence-electron chi connectivity index (χ4n) is 4.12. The number of fused-ring (bicyclic) bond motifs is 1. The minimum absolute atomic E-state index is 0.0795. The lowest BCUT2D eigenvalue weighted by Crippen LogP contribution is -2.35. The number of ether oxygens (including phenoxy) is 1. The zero-order valence-corrected chi connectivity index (χ0v) is 23.4. The van der Waals surface area contributed by atoms with E-state index < -0.39 is 21.8 Å². The topological polar surface area (TPSA) is 143 Å². The Morgan fingerprint density at radius 2 is 1.87 bits per heavy atom. The van der Waals surface area contributed by atoms with Crippen LogP contribution in [0, 0.1) is 0 Å². The van der Waals surface area contributed by atoms with E-state index in [1.807, 2.05) is 0 Å². The molecular weight excluding hydrogens is 542 g/mol. The number of carbonyl (C=O) groups excluding carboxylic acids is 1. The third kappa shape index (κ3) is 6.55. The molecule has 1 aliphatic carbocycles.